The van der Waals surface area contributed by atoms with Crippen molar-refractivity contribution < 1.29 is 28.8 Å². The standard InChI is InChI=1S/C34H25N3O7/c1-18-10-13-20(16-26(18)37(42)43)35-27(38)17-44-34(41)19-11-14-21(15-12-19)36-32(39)30-28-22-6-2-3-7-23(22)29(31(30)33(36)40)25-9-5-4-8-24(25)28/h2-16,28-31H,17H2,1H3,(H,35,38)/t28?,29?,30-,31-/m1/s1. The van der Waals surface area contributed by atoms with E-state index < -0.39 is 35.2 Å². The van der Waals surface area contributed by atoms with Gasteiger partial charge in [-0.1, -0.05) is 54.6 Å². The minimum atomic E-state index is -0.779. The van der Waals surface area contributed by atoms with Gasteiger partial charge in [0.2, 0.25) is 11.8 Å². The highest BCUT2D eigenvalue weighted by Crippen LogP contribution is 2.61. The largest absolute Gasteiger partial charge is 0.452 e. The van der Waals surface area contributed by atoms with Crippen molar-refractivity contribution in [1.29, 1.82) is 0 Å². The van der Waals surface area contributed by atoms with Crippen LogP contribution in [0.1, 0.15) is 50.0 Å². The summed E-state index contributed by atoms with van der Waals surface area (Å²) in [6, 6.07) is 26.2. The number of benzene rings is 4. The lowest BCUT2D eigenvalue weighted by Gasteiger charge is -2.45. The summed E-state index contributed by atoms with van der Waals surface area (Å²) in [5, 5.41) is 13.6. The molecule has 3 aliphatic carbocycles. The van der Waals surface area contributed by atoms with E-state index in [1.54, 1.807) is 6.92 Å². The lowest BCUT2D eigenvalue weighted by molar-refractivity contribution is -0.385. The van der Waals surface area contributed by atoms with Crippen LogP contribution in [-0.2, 0) is 19.1 Å². The first kappa shape index (κ1) is 27.2. The predicted molar refractivity (Wildman–Crippen MR) is 159 cm³/mol. The zero-order valence-corrected chi connectivity index (χ0v) is 23.4. The normalized spacial score (nSPS) is 20.9. The summed E-state index contributed by atoms with van der Waals surface area (Å²) in [7, 11) is 0. The molecule has 0 aromatic heterocycles. The van der Waals surface area contributed by atoms with Crippen LogP contribution in [0, 0.1) is 28.9 Å². The summed E-state index contributed by atoms with van der Waals surface area (Å²) in [5.74, 6) is -3.44. The second kappa shape index (κ2) is 10.3. The van der Waals surface area contributed by atoms with Gasteiger partial charge in [0, 0.05) is 29.2 Å². The van der Waals surface area contributed by atoms with Crippen molar-refractivity contribution in [1.82, 2.24) is 0 Å². The highest BCUT2D eigenvalue weighted by molar-refractivity contribution is 6.23. The fourth-order valence-electron chi connectivity index (χ4n) is 6.97. The van der Waals surface area contributed by atoms with Gasteiger partial charge < -0.3 is 10.1 Å². The zero-order chi connectivity index (χ0) is 30.7. The van der Waals surface area contributed by atoms with Crippen LogP contribution in [0.4, 0.5) is 17.1 Å². The van der Waals surface area contributed by atoms with Crippen molar-refractivity contribution in [2.45, 2.75) is 18.8 Å². The average Bonchev–Trinajstić information content (AvgIpc) is 3.30. The summed E-state index contributed by atoms with van der Waals surface area (Å²) in [5.41, 5.74) is 5.34. The van der Waals surface area contributed by atoms with Gasteiger partial charge in [-0.2, -0.15) is 0 Å². The van der Waals surface area contributed by atoms with Crippen molar-refractivity contribution in [3.63, 3.8) is 0 Å². The molecule has 0 radical (unpaired) electrons. The molecule has 44 heavy (non-hydrogen) atoms. The van der Waals surface area contributed by atoms with Crippen LogP contribution in [-0.4, -0.2) is 35.2 Å². The van der Waals surface area contributed by atoms with Crippen molar-refractivity contribution in [3.05, 3.63) is 134 Å². The number of nitrogens with one attached hydrogen (secondary N) is 1. The molecule has 1 N–H and O–H groups in total. The van der Waals surface area contributed by atoms with Gasteiger partial charge in [-0.05, 0) is 59.5 Å². The molecule has 1 fully saturated rings. The number of ether oxygens (including phenoxy) is 1. The van der Waals surface area contributed by atoms with E-state index in [4.69, 9.17) is 4.74 Å². The number of amides is 3. The van der Waals surface area contributed by atoms with Crippen LogP contribution >= 0.6 is 0 Å². The SMILES string of the molecule is Cc1ccc(NC(=O)COC(=O)c2ccc(N3C(=O)[C@@H]4C5c6ccccc6C(c6ccccc65)[C@H]4C3=O)cc2)cc1[N+](=O)[O-]. The van der Waals surface area contributed by atoms with Gasteiger partial charge in [0.15, 0.2) is 6.61 Å². The summed E-state index contributed by atoms with van der Waals surface area (Å²) >= 11 is 0. The molecule has 1 heterocycles. The number of carbonyl (C=O) groups excluding carboxylic acids is 4. The monoisotopic (exact) mass is 587 g/mol. The maximum atomic E-state index is 13.9. The lowest BCUT2D eigenvalue weighted by Crippen LogP contribution is -2.41. The van der Waals surface area contributed by atoms with Crippen molar-refractivity contribution in [2.75, 3.05) is 16.8 Å². The topological polar surface area (TPSA) is 136 Å². The highest BCUT2D eigenvalue weighted by atomic mass is 16.6. The molecule has 0 unspecified atom stereocenters. The lowest BCUT2D eigenvalue weighted by atomic mass is 9.55. The molecule has 4 aromatic carbocycles. The number of aryl methyl sites for hydroxylation is 1. The number of rotatable bonds is 6. The molecule has 0 saturated carbocycles. The van der Waals surface area contributed by atoms with E-state index in [9.17, 15) is 29.3 Å². The maximum absolute atomic E-state index is 13.9. The quantitative estimate of drug-likeness (QED) is 0.144. The fraction of sp³-hybridized carbons (Fsp3) is 0.176. The number of hydrogen-bond donors (Lipinski definition) is 1. The average molecular weight is 588 g/mol. The number of carbonyl (C=O) groups is 4. The summed E-state index contributed by atoms with van der Waals surface area (Å²) in [4.78, 5) is 64.6. The summed E-state index contributed by atoms with van der Waals surface area (Å²) < 4.78 is 5.12. The van der Waals surface area contributed by atoms with Crippen LogP contribution in [0.5, 0.6) is 0 Å². The van der Waals surface area contributed by atoms with E-state index in [1.165, 1.54) is 47.4 Å². The number of imide groups is 1. The third-order valence-electron chi connectivity index (χ3n) is 8.83. The Morgan fingerprint density at radius 3 is 1.84 bits per heavy atom. The molecule has 8 rings (SSSR count). The molecule has 10 heteroatoms. The molecule has 0 spiro atoms. The van der Waals surface area contributed by atoms with Gasteiger partial charge in [-0.15, -0.1) is 0 Å². The number of hydrogen-bond acceptors (Lipinski definition) is 7. The third kappa shape index (κ3) is 4.17. The molecule has 4 aromatic rings. The number of nitro groups is 1. The van der Waals surface area contributed by atoms with Crippen LogP contribution in [0.25, 0.3) is 0 Å². The van der Waals surface area contributed by atoms with Gasteiger partial charge in [-0.3, -0.25) is 24.5 Å². The van der Waals surface area contributed by atoms with Gasteiger partial charge in [0.1, 0.15) is 0 Å². The van der Waals surface area contributed by atoms with Gasteiger partial charge in [-0.25, -0.2) is 9.69 Å². The van der Waals surface area contributed by atoms with E-state index >= 15 is 0 Å². The van der Waals surface area contributed by atoms with Crippen molar-refractivity contribution in [2.24, 2.45) is 11.8 Å². The van der Waals surface area contributed by atoms with Crippen LogP contribution in [0.2, 0.25) is 0 Å². The Balaban J connectivity index is 1.06. The van der Waals surface area contributed by atoms with Crippen molar-refractivity contribution in [3.8, 4) is 0 Å². The minimum Gasteiger partial charge on any atom is -0.452 e. The smallest absolute Gasteiger partial charge is 0.338 e. The molecule has 10 nitrogen and oxygen atoms in total. The van der Waals surface area contributed by atoms with E-state index in [1.807, 2.05) is 48.5 Å². The molecule has 1 saturated heterocycles. The number of anilines is 2. The number of nitrogens with zero attached hydrogens (tertiary/aromatic N) is 2. The number of nitro benzene ring substituents is 1. The second-order valence-corrected chi connectivity index (χ2v) is 11.2. The first-order valence-corrected chi connectivity index (χ1v) is 14.1. The molecule has 218 valence electrons. The summed E-state index contributed by atoms with van der Waals surface area (Å²) in [6.07, 6.45) is 0. The second-order valence-electron chi connectivity index (χ2n) is 11.2. The van der Waals surface area contributed by atoms with Gasteiger partial charge >= 0.3 is 5.97 Å². The van der Waals surface area contributed by atoms with Crippen LogP contribution < -0.4 is 10.2 Å². The van der Waals surface area contributed by atoms with E-state index in [0.29, 0.717) is 11.3 Å². The Morgan fingerprint density at radius 1 is 0.818 bits per heavy atom. The van der Waals surface area contributed by atoms with E-state index in [-0.39, 0.29) is 40.6 Å². The van der Waals surface area contributed by atoms with Crippen molar-refractivity contribution >= 4 is 40.8 Å². The predicted octanol–water partition coefficient (Wildman–Crippen LogP) is 5.10. The third-order valence-corrected chi connectivity index (χ3v) is 8.83. The molecular weight excluding hydrogens is 562 g/mol. The Bertz CT molecular complexity index is 1790. The minimum absolute atomic E-state index is 0.129. The Kier molecular flexibility index (Phi) is 6.35. The summed E-state index contributed by atoms with van der Waals surface area (Å²) in [6.45, 7) is 0.972. The Hall–Kier alpha value is -5.64. The van der Waals surface area contributed by atoms with E-state index in [2.05, 4.69) is 5.32 Å². The first-order chi connectivity index (χ1) is 21.2. The maximum Gasteiger partial charge on any atom is 0.338 e. The van der Waals surface area contributed by atoms with Crippen LogP contribution in [0.3, 0.4) is 0 Å². The first-order valence-electron chi connectivity index (χ1n) is 14.1. The molecular formula is C34H25N3O7. The van der Waals surface area contributed by atoms with E-state index in [0.717, 1.165) is 22.3 Å². The van der Waals surface area contributed by atoms with Crippen LogP contribution in [0.15, 0.2) is 91.0 Å². The molecule has 3 amide bonds. The molecule has 2 atom stereocenters. The molecule has 2 bridgehead atoms. The Labute approximate surface area is 251 Å². The fourth-order valence-corrected chi connectivity index (χ4v) is 6.97. The zero-order valence-electron chi connectivity index (χ0n) is 23.4. The van der Waals surface area contributed by atoms with Gasteiger partial charge in [0.05, 0.1) is 28.0 Å². The van der Waals surface area contributed by atoms with Gasteiger partial charge in [0.25, 0.3) is 11.6 Å². The molecule has 1 aliphatic heterocycles. The Morgan fingerprint density at radius 2 is 1.34 bits per heavy atom. The molecule has 4 aliphatic rings. The number of esters is 1. The highest BCUT2D eigenvalue weighted by Gasteiger charge is 2.61.